The molecule has 4 heteroatoms. The van der Waals surface area contributed by atoms with Gasteiger partial charge in [-0.2, -0.15) is 0 Å². The summed E-state index contributed by atoms with van der Waals surface area (Å²) >= 11 is 0. The van der Waals surface area contributed by atoms with Gasteiger partial charge >= 0.3 is 0 Å². The number of aliphatic hydroxyl groups excluding tert-OH is 2. The van der Waals surface area contributed by atoms with Gasteiger partial charge in [0.25, 0.3) is 0 Å². The van der Waals surface area contributed by atoms with Gasteiger partial charge in [-0.05, 0) is 44.0 Å². The molecule has 20 heavy (non-hydrogen) atoms. The van der Waals surface area contributed by atoms with E-state index in [9.17, 15) is 5.11 Å². The van der Waals surface area contributed by atoms with Crippen molar-refractivity contribution in [2.45, 2.75) is 44.9 Å². The van der Waals surface area contributed by atoms with Crippen LogP contribution in [0.15, 0.2) is 24.3 Å². The largest absolute Gasteiger partial charge is 0.394 e. The van der Waals surface area contributed by atoms with Crippen LogP contribution in [0.2, 0.25) is 0 Å². The summed E-state index contributed by atoms with van der Waals surface area (Å²) in [5.41, 5.74) is 2.29. The second-order valence-electron chi connectivity index (χ2n) is 5.73. The third kappa shape index (κ3) is 4.47. The molecule has 1 saturated heterocycles. The molecule has 2 atom stereocenters. The highest BCUT2D eigenvalue weighted by Gasteiger charge is 2.18. The lowest BCUT2D eigenvalue weighted by molar-refractivity contribution is 0.105. The fraction of sp³-hybridized carbons (Fsp3) is 0.625. The summed E-state index contributed by atoms with van der Waals surface area (Å²) in [7, 11) is 0. The molecule has 0 radical (unpaired) electrons. The van der Waals surface area contributed by atoms with E-state index >= 15 is 0 Å². The van der Waals surface area contributed by atoms with E-state index in [4.69, 9.17) is 5.11 Å². The van der Waals surface area contributed by atoms with Gasteiger partial charge < -0.3 is 15.5 Å². The van der Waals surface area contributed by atoms with E-state index in [2.05, 4.69) is 29.3 Å². The highest BCUT2D eigenvalue weighted by molar-refractivity contribution is 5.45. The van der Waals surface area contributed by atoms with Crippen LogP contribution in [0, 0.1) is 0 Å². The number of hydrogen-bond donors (Lipinski definition) is 3. The molecule has 112 valence electrons. The molecule has 3 N–H and O–H groups in total. The zero-order valence-corrected chi connectivity index (χ0v) is 12.3. The van der Waals surface area contributed by atoms with Crippen LogP contribution >= 0.6 is 0 Å². The standard InChI is InChI=1S/C16H26N2O2/c1-13-5-2-3-8-18(13)11-14-6-4-7-15(9-14)17-10-16(20)12-19/h4,6-7,9,13,16-17,19-20H,2-3,5,8,10-12H2,1H3. The van der Waals surface area contributed by atoms with E-state index in [-0.39, 0.29) is 6.61 Å². The number of nitrogens with zero attached hydrogens (tertiary/aromatic N) is 1. The number of anilines is 1. The van der Waals surface area contributed by atoms with E-state index in [1.807, 2.05) is 12.1 Å². The summed E-state index contributed by atoms with van der Waals surface area (Å²) in [6.45, 7) is 4.64. The van der Waals surface area contributed by atoms with E-state index in [0.717, 1.165) is 12.2 Å². The number of benzene rings is 1. The molecular weight excluding hydrogens is 252 g/mol. The average Bonchev–Trinajstić information content (AvgIpc) is 2.47. The Morgan fingerprint density at radius 1 is 1.40 bits per heavy atom. The molecule has 0 aliphatic carbocycles. The number of rotatable bonds is 6. The second-order valence-corrected chi connectivity index (χ2v) is 5.73. The Hall–Kier alpha value is -1.10. The molecule has 1 aliphatic heterocycles. The maximum absolute atomic E-state index is 9.36. The quantitative estimate of drug-likeness (QED) is 0.743. The third-order valence-corrected chi connectivity index (χ3v) is 4.01. The predicted octanol–water partition coefficient (Wildman–Crippen LogP) is 1.83. The van der Waals surface area contributed by atoms with E-state index < -0.39 is 6.10 Å². The Bertz CT molecular complexity index is 411. The highest BCUT2D eigenvalue weighted by Crippen LogP contribution is 2.20. The molecule has 2 unspecified atom stereocenters. The van der Waals surface area contributed by atoms with Gasteiger partial charge in [0.1, 0.15) is 0 Å². The van der Waals surface area contributed by atoms with Crippen molar-refractivity contribution >= 4 is 5.69 Å². The molecule has 2 rings (SSSR count). The predicted molar refractivity (Wildman–Crippen MR) is 81.7 cm³/mol. The van der Waals surface area contributed by atoms with Gasteiger partial charge in [0.15, 0.2) is 0 Å². The number of nitrogens with one attached hydrogen (secondary N) is 1. The average molecular weight is 278 g/mol. The summed E-state index contributed by atoms with van der Waals surface area (Å²) in [4.78, 5) is 2.53. The van der Waals surface area contributed by atoms with E-state index in [1.54, 1.807) is 0 Å². The maximum Gasteiger partial charge on any atom is 0.0942 e. The first kappa shape index (κ1) is 15.3. The van der Waals surface area contributed by atoms with Gasteiger partial charge in [-0.1, -0.05) is 18.6 Å². The monoisotopic (exact) mass is 278 g/mol. The van der Waals surface area contributed by atoms with E-state index in [0.29, 0.717) is 12.6 Å². The molecule has 0 aromatic heterocycles. The molecular formula is C16H26N2O2. The van der Waals surface area contributed by atoms with Crippen molar-refractivity contribution in [3.63, 3.8) is 0 Å². The Kier molecular flexibility index (Phi) is 5.83. The lowest BCUT2D eigenvalue weighted by Crippen LogP contribution is -2.36. The van der Waals surface area contributed by atoms with Crippen LogP contribution < -0.4 is 5.32 Å². The first-order valence-corrected chi connectivity index (χ1v) is 7.55. The van der Waals surface area contributed by atoms with Gasteiger partial charge in [0, 0.05) is 24.8 Å². The molecule has 0 saturated carbocycles. The Morgan fingerprint density at radius 3 is 3.00 bits per heavy atom. The molecule has 4 nitrogen and oxygen atoms in total. The van der Waals surface area contributed by atoms with Crippen LogP contribution in [0.3, 0.4) is 0 Å². The highest BCUT2D eigenvalue weighted by atomic mass is 16.3. The lowest BCUT2D eigenvalue weighted by atomic mass is 10.0. The molecule has 1 aliphatic rings. The summed E-state index contributed by atoms with van der Waals surface area (Å²) in [6.07, 6.45) is 3.23. The van der Waals surface area contributed by atoms with Gasteiger partial charge in [-0.25, -0.2) is 0 Å². The van der Waals surface area contributed by atoms with Gasteiger partial charge in [-0.3, -0.25) is 4.90 Å². The summed E-state index contributed by atoms with van der Waals surface area (Å²) < 4.78 is 0. The third-order valence-electron chi connectivity index (χ3n) is 4.01. The smallest absolute Gasteiger partial charge is 0.0942 e. The van der Waals surface area contributed by atoms with Crippen molar-refractivity contribution in [1.82, 2.24) is 4.90 Å². The van der Waals surface area contributed by atoms with Crippen molar-refractivity contribution in [1.29, 1.82) is 0 Å². The zero-order valence-electron chi connectivity index (χ0n) is 12.3. The topological polar surface area (TPSA) is 55.7 Å². The Morgan fingerprint density at radius 2 is 2.25 bits per heavy atom. The molecule has 0 spiro atoms. The maximum atomic E-state index is 9.36. The van der Waals surface area contributed by atoms with Crippen LogP contribution in [0.25, 0.3) is 0 Å². The first-order chi connectivity index (χ1) is 9.69. The number of likely N-dealkylation sites (tertiary alicyclic amines) is 1. The fourth-order valence-corrected chi connectivity index (χ4v) is 2.71. The minimum Gasteiger partial charge on any atom is -0.394 e. The number of aliphatic hydroxyl groups is 2. The van der Waals surface area contributed by atoms with Crippen LogP contribution in [-0.2, 0) is 6.54 Å². The van der Waals surface area contributed by atoms with Gasteiger partial charge in [-0.15, -0.1) is 0 Å². The zero-order chi connectivity index (χ0) is 14.4. The fourth-order valence-electron chi connectivity index (χ4n) is 2.71. The SMILES string of the molecule is CC1CCCCN1Cc1cccc(NCC(O)CO)c1. The van der Waals surface area contributed by atoms with Crippen LogP contribution in [0.5, 0.6) is 0 Å². The minimum atomic E-state index is -0.708. The second kappa shape index (κ2) is 7.62. The number of piperidine rings is 1. The van der Waals surface area contributed by atoms with Crippen molar-refractivity contribution in [3.8, 4) is 0 Å². The molecule has 0 amide bonds. The lowest BCUT2D eigenvalue weighted by Gasteiger charge is -2.33. The molecule has 1 aromatic carbocycles. The van der Waals surface area contributed by atoms with Crippen LogP contribution in [-0.4, -0.2) is 47.0 Å². The van der Waals surface area contributed by atoms with Gasteiger partial charge in [0.05, 0.1) is 12.7 Å². The van der Waals surface area contributed by atoms with Crippen molar-refractivity contribution in [3.05, 3.63) is 29.8 Å². The van der Waals surface area contributed by atoms with Gasteiger partial charge in [0.2, 0.25) is 0 Å². The number of hydrogen-bond acceptors (Lipinski definition) is 4. The summed E-state index contributed by atoms with van der Waals surface area (Å²) in [6, 6.07) is 8.97. The molecule has 1 fully saturated rings. The first-order valence-electron chi connectivity index (χ1n) is 7.55. The summed E-state index contributed by atoms with van der Waals surface area (Å²) in [5.74, 6) is 0. The van der Waals surface area contributed by atoms with Crippen molar-refractivity contribution < 1.29 is 10.2 Å². The normalized spacial score (nSPS) is 21.6. The van der Waals surface area contributed by atoms with E-state index in [1.165, 1.54) is 31.4 Å². The van der Waals surface area contributed by atoms with Crippen LogP contribution in [0.1, 0.15) is 31.7 Å². The Balaban J connectivity index is 1.91. The minimum absolute atomic E-state index is 0.210. The Labute approximate surface area is 121 Å². The van der Waals surface area contributed by atoms with Crippen molar-refractivity contribution in [2.75, 3.05) is 25.0 Å². The molecule has 1 heterocycles. The molecule has 1 aromatic rings. The van der Waals surface area contributed by atoms with Crippen LogP contribution in [0.4, 0.5) is 5.69 Å². The molecule has 0 bridgehead atoms. The summed E-state index contributed by atoms with van der Waals surface area (Å²) in [5, 5.41) is 21.3. The van der Waals surface area contributed by atoms with Crippen molar-refractivity contribution in [2.24, 2.45) is 0 Å².